The molecule has 1 amide bonds. The van der Waals surface area contributed by atoms with E-state index < -0.39 is 23.7 Å². The van der Waals surface area contributed by atoms with E-state index in [-0.39, 0.29) is 29.0 Å². The van der Waals surface area contributed by atoms with Gasteiger partial charge in [0, 0.05) is 30.4 Å². The first-order chi connectivity index (χ1) is 15.0. The third kappa shape index (κ3) is 4.49. The van der Waals surface area contributed by atoms with Crippen LogP contribution in [0.2, 0.25) is 5.02 Å². The summed E-state index contributed by atoms with van der Waals surface area (Å²) in [6, 6.07) is 1.45. The molecule has 0 spiro atoms. The molecule has 0 fully saturated rings. The Balaban J connectivity index is 2.22. The second-order valence-electron chi connectivity index (χ2n) is 8.00. The van der Waals surface area contributed by atoms with Crippen molar-refractivity contribution < 1.29 is 19.0 Å². The molecule has 2 unspecified atom stereocenters. The van der Waals surface area contributed by atoms with Gasteiger partial charge in [0.05, 0.1) is 22.9 Å². The largest absolute Gasteiger partial charge is 0.490 e. The molecule has 0 saturated heterocycles. The summed E-state index contributed by atoms with van der Waals surface area (Å²) in [5.41, 5.74) is 7.57. The number of nitrogens with one attached hydrogen (secondary N) is 1. The monoisotopic (exact) mass is 463 g/mol. The predicted octanol–water partition coefficient (Wildman–Crippen LogP) is 3.46. The minimum atomic E-state index is -0.890. The minimum absolute atomic E-state index is 0.0485. The lowest BCUT2D eigenvalue weighted by molar-refractivity contribution is 0.0913. The molecule has 8 nitrogen and oxygen atoms in total. The fourth-order valence-corrected chi connectivity index (χ4v) is 3.77. The minimum Gasteiger partial charge on any atom is -0.490 e. The van der Waals surface area contributed by atoms with E-state index in [1.165, 1.54) is 13.0 Å². The highest BCUT2D eigenvalue weighted by atomic mass is 35.5. The van der Waals surface area contributed by atoms with Crippen LogP contribution in [0.25, 0.3) is 5.52 Å². The maximum Gasteiger partial charge on any atom is 0.258 e. The number of aliphatic hydroxyl groups is 1. The zero-order valence-corrected chi connectivity index (χ0v) is 19.4. The van der Waals surface area contributed by atoms with Crippen molar-refractivity contribution in [2.75, 3.05) is 12.3 Å². The summed E-state index contributed by atoms with van der Waals surface area (Å²) in [4.78, 5) is 21.6. The van der Waals surface area contributed by atoms with Gasteiger partial charge in [-0.05, 0) is 33.8 Å². The van der Waals surface area contributed by atoms with E-state index in [9.17, 15) is 9.90 Å². The number of rotatable bonds is 7. The topological polar surface area (TPSA) is 115 Å². The number of hydrogen-bond acceptors (Lipinski definition) is 6. The number of benzene rings is 1. The molecule has 0 saturated carbocycles. The SMILES string of the molecule is Cc1nc(C(C)c2cc(Cl)c(F)c(C(=O)NCC(C)O)c2OC(C)C)n2ccnc(N)c12. The van der Waals surface area contributed by atoms with Crippen LogP contribution >= 0.6 is 11.6 Å². The highest BCUT2D eigenvalue weighted by molar-refractivity contribution is 6.31. The first-order valence-corrected chi connectivity index (χ1v) is 10.6. The molecule has 10 heteroatoms. The number of imidazole rings is 1. The number of amides is 1. The number of nitrogens with zero attached hydrogens (tertiary/aromatic N) is 3. The number of fused-ring (bicyclic) bond motifs is 1. The molecule has 3 aromatic rings. The first kappa shape index (κ1) is 23.7. The van der Waals surface area contributed by atoms with E-state index in [0.29, 0.717) is 28.4 Å². The lowest BCUT2D eigenvalue weighted by atomic mass is 9.95. The van der Waals surface area contributed by atoms with Crippen LogP contribution in [0, 0.1) is 12.7 Å². The van der Waals surface area contributed by atoms with Crippen LogP contribution < -0.4 is 15.8 Å². The summed E-state index contributed by atoms with van der Waals surface area (Å²) in [6.07, 6.45) is 2.16. The van der Waals surface area contributed by atoms with Crippen molar-refractivity contribution in [3.8, 4) is 5.75 Å². The van der Waals surface area contributed by atoms with Crippen LogP contribution in [0.15, 0.2) is 18.5 Å². The van der Waals surface area contributed by atoms with E-state index in [2.05, 4.69) is 15.3 Å². The molecule has 32 heavy (non-hydrogen) atoms. The van der Waals surface area contributed by atoms with Crippen molar-refractivity contribution in [1.29, 1.82) is 0 Å². The van der Waals surface area contributed by atoms with Crippen LogP contribution in [0.3, 0.4) is 0 Å². The van der Waals surface area contributed by atoms with Gasteiger partial charge in [-0.2, -0.15) is 0 Å². The van der Waals surface area contributed by atoms with Crippen molar-refractivity contribution in [2.24, 2.45) is 0 Å². The van der Waals surface area contributed by atoms with Crippen molar-refractivity contribution in [3.63, 3.8) is 0 Å². The molecule has 4 N–H and O–H groups in total. The zero-order valence-electron chi connectivity index (χ0n) is 18.6. The average molecular weight is 464 g/mol. The fraction of sp³-hybridized carbons (Fsp3) is 0.409. The summed E-state index contributed by atoms with van der Waals surface area (Å²) in [7, 11) is 0. The summed E-state index contributed by atoms with van der Waals surface area (Å²) >= 11 is 6.20. The number of carbonyl (C=O) groups is 1. The van der Waals surface area contributed by atoms with Crippen LogP contribution in [-0.4, -0.2) is 44.1 Å². The molecule has 0 bridgehead atoms. The van der Waals surface area contributed by atoms with Crippen LogP contribution in [-0.2, 0) is 0 Å². The summed E-state index contributed by atoms with van der Waals surface area (Å²) in [6.45, 7) is 8.70. The number of aliphatic hydroxyl groups excluding tert-OH is 1. The predicted molar refractivity (Wildman–Crippen MR) is 121 cm³/mol. The average Bonchev–Trinajstić information content (AvgIpc) is 3.06. The fourth-order valence-electron chi connectivity index (χ4n) is 3.56. The lowest BCUT2D eigenvalue weighted by Crippen LogP contribution is -2.32. The Morgan fingerprint density at radius 3 is 2.69 bits per heavy atom. The Morgan fingerprint density at radius 1 is 1.38 bits per heavy atom. The highest BCUT2D eigenvalue weighted by Crippen LogP contribution is 2.39. The summed E-state index contributed by atoms with van der Waals surface area (Å²) < 4.78 is 22.8. The van der Waals surface area contributed by atoms with E-state index in [1.54, 1.807) is 26.2 Å². The van der Waals surface area contributed by atoms with Crippen LogP contribution in [0.1, 0.15) is 61.1 Å². The Kier molecular flexibility index (Phi) is 6.90. The summed E-state index contributed by atoms with van der Waals surface area (Å²) in [5.74, 6) is -1.03. The van der Waals surface area contributed by atoms with Gasteiger partial charge in [0.25, 0.3) is 5.91 Å². The maximum atomic E-state index is 15.1. The molecule has 2 atom stereocenters. The Morgan fingerprint density at radius 2 is 2.06 bits per heavy atom. The second-order valence-corrected chi connectivity index (χ2v) is 8.41. The number of hydrogen-bond donors (Lipinski definition) is 3. The Bertz CT molecular complexity index is 1160. The van der Waals surface area contributed by atoms with Gasteiger partial charge in [0.2, 0.25) is 0 Å². The molecule has 3 rings (SSSR count). The molecule has 1 aromatic carbocycles. The number of halogens is 2. The van der Waals surface area contributed by atoms with Gasteiger partial charge in [0.1, 0.15) is 28.5 Å². The van der Waals surface area contributed by atoms with Gasteiger partial charge in [-0.1, -0.05) is 18.5 Å². The number of anilines is 1. The van der Waals surface area contributed by atoms with Gasteiger partial charge < -0.3 is 20.9 Å². The van der Waals surface area contributed by atoms with E-state index in [1.807, 2.05) is 18.2 Å². The smallest absolute Gasteiger partial charge is 0.258 e. The molecular formula is C22H27ClFN5O3. The van der Waals surface area contributed by atoms with E-state index in [4.69, 9.17) is 22.1 Å². The molecule has 2 heterocycles. The normalized spacial score (nSPS) is 13.4. The number of carbonyl (C=O) groups excluding carboxylic acids is 1. The molecule has 2 aromatic heterocycles. The quantitative estimate of drug-likeness (QED) is 0.494. The summed E-state index contributed by atoms with van der Waals surface area (Å²) in [5, 5.41) is 11.8. The maximum absolute atomic E-state index is 15.1. The third-order valence-corrected chi connectivity index (χ3v) is 5.25. The molecule has 0 aliphatic rings. The molecule has 0 aliphatic carbocycles. The number of nitrogens with two attached hydrogens (primary N) is 1. The molecule has 0 aliphatic heterocycles. The number of ether oxygens (including phenoxy) is 1. The van der Waals surface area contributed by atoms with Gasteiger partial charge in [-0.15, -0.1) is 0 Å². The van der Waals surface area contributed by atoms with Crippen LogP contribution in [0.4, 0.5) is 10.2 Å². The Labute approximate surface area is 190 Å². The van der Waals surface area contributed by atoms with Crippen molar-refractivity contribution >= 4 is 28.8 Å². The van der Waals surface area contributed by atoms with Crippen molar-refractivity contribution in [1.82, 2.24) is 19.7 Å². The molecule has 0 radical (unpaired) electrons. The van der Waals surface area contributed by atoms with Crippen molar-refractivity contribution in [2.45, 2.75) is 52.7 Å². The molecule has 172 valence electrons. The lowest BCUT2D eigenvalue weighted by Gasteiger charge is -2.22. The first-order valence-electron chi connectivity index (χ1n) is 10.3. The number of aryl methyl sites for hydroxylation is 1. The van der Waals surface area contributed by atoms with Gasteiger partial charge in [0.15, 0.2) is 5.82 Å². The van der Waals surface area contributed by atoms with Crippen molar-refractivity contribution in [3.05, 3.63) is 51.9 Å². The van der Waals surface area contributed by atoms with Gasteiger partial charge >= 0.3 is 0 Å². The van der Waals surface area contributed by atoms with Gasteiger partial charge in [-0.25, -0.2) is 14.4 Å². The number of nitrogen functional groups attached to an aromatic ring is 1. The number of aromatic nitrogens is 3. The zero-order chi connectivity index (χ0) is 23.7. The molecular weight excluding hydrogens is 437 g/mol. The standard InChI is InChI=1S/C22H27ClFN5O3/c1-10(2)32-19-14(8-15(23)17(24)16(19)22(31)27-9-11(3)30)12(4)21-28-13(5)18-20(25)26-6-7-29(18)21/h6-8,10-12,30H,9H2,1-5H3,(H2,25,26)(H,27,31). The van der Waals surface area contributed by atoms with E-state index in [0.717, 1.165) is 0 Å². The third-order valence-electron chi connectivity index (χ3n) is 4.98. The van der Waals surface area contributed by atoms with Crippen LogP contribution in [0.5, 0.6) is 5.75 Å². The second kappa shape index (κ2) is 9.30. The highest BCUT2D eigenvalue weighted by Gasteiger charge is 2.30. The van der Waals surface area contributed by atoms with E-state index >= 15 is 4.39 Å². The van der Waals surface area contributed by atoms with Gasteiger partial charge in [-0.3, -0.25) is 9.20 Å². The Hall–Kier alpha value is -2.91.